The zero-order chi connectivity index (χ0) is 7.84. The van der Waals surface area contributed by atoms with Gasteiger partial charge in [-0.1, -0.05) is 0 Å². The summed E-state index contributed by atoms with van der Waals surface area (Å²) >= 11 is 0. The standard InChI is InChI=1S/C5H4N4O2/c6-4(10)3-1-9-5(8-3)11-2-7-9/h1-2H,(H2,6,10). The minimum absolute atomic E-state index is 0.150. The Morgan fingerprint density at radius 2 is 2.55 bits per heavy atom. The van der Waals surface area contributed by atoms with Crippen LogP contribution in [0.2, 0.25) is 0 Å². The van der Waals surface area contributed by atoms with Gasteiger partial charge in [0.25, 0.3) is 5.91 Å². The molecule has 0 aliphatic heterocycles. The summed E-state index contributed by atoms with van der Waals surface area (Å²) in [5, 5.41) is 3.70. The molecule has 0 unspecified atom stereocenters. The van der Waals surface area contributed by atoms with Gasteiger partial charge in [0.1, 0.15) is 0 Å². The van der Waals surface area contributed by atoms with Gasteiger partial charge in [0.15, 0.2) is 5.69 Å². The molecule has 2 aromatic rings. The third kappa shape index (κ3) is 0.759. The van der Waals surface area contributed by atoms with E-state index in [9.17, 15) is 4.79 Å². The van der Waals surface area contributed by atoms with Crippen molar-refractivity contribution in [2.45, 2.75) is 0 Å². The third-order valence-corrected chi connectivity index (χ3v) is 1.24. The van der Waals surface area contributed by atoms with E-state index < -0.39 is 5.91 Å². The van der Waals surface area contributed by atoms with Crippen LogP contribution in [0.15, 0.2) is 17.0 Å². The van der Waals surface area contributed by atoms with Crippen LogP contribution in [0.5, 0.6) is 0 Å². The molecular formula is C5H4N4O2. The molecule has 6 nitrogen and oxygen atoms in total. The fourth-order valence-electron chi connectivity index (χ4n) is 0.757. The van der Waals surface area contributed by atoms with Gasteiger partial charge >= 0.3 is 5.84 Å². The van der Waals surface area contributed by atoms with Crippen LogP contribution in [-0.4, -0.2) is 20.5 Å². The van der Waals surface area contributed by atoms with Gasteiger partial charge in [-0.25, -0.2) is 0 Å². The Balaban J connectivity index is 2.67. The van der Waals surface area contributed by atoms with Crippen LogP contribution in [0.1, 0.15) is 10.5 Å². The predicted octanol–water partition coefficient (Wildman–Crippen LogP) is -0.579. The Bertz CT molecular complexity index is 373. The highest BCUT2D eigenvalue weighted by Gasteiger charge is 2.08. The molecule has 0 aliphatic carbocycles. The first-order valence-corrected chi connectivity index (χ1v) is 2.86. The van der Waals surface area contributed by atoms with E-state index >= 15 is 0 Å². The summed E-state index contributed by atoms with van der Waals surface area (Å²) in [5.74, 6) is -0.329. The van der Waals surface area contributed by atoms with Crippen molar-refractivity contribution in [1.29, 1.82) is 0 Å². The molecule has 0 saturated heterocycles. The van der Waals surface area contributed by atoms with E-state index in [1.54, 1.807) is 0 Å². The Labute approximate surface area is 60.6 Å². The van der Waals surface area contributed by atoms with Gasteiger partial charge in [-0.15, -0.1) is 5.10 Å². The summed E-state index contributed by atoms with van der Waals surface area (Å²) in [6.45, 7) is 0. The lowest BCUT2D eigenvalue weighted by atomic mass is 10.5. The molecule has 11 heavy (non-hydrogen) atoms. The molecule has 0 saturated carbocycles. The normalized spacial score (nSPS) is 10.5. The number of imidazole rings is 1. The highest BCUT2D eigenvalue weighted by atomic mass is 16.4. The van der Waals surface area contributed by atoms with Crippen LogP contribution in [0.4, 0.5) is 0 Å². The predicted molar refractivity (Wildman–Crippen MR) is 33.8 cm³/mol. The molecule has 1 amide bonds. The fraction of sp³-hybridized carbons (Fsp3) is 0. The van der Waals surface area contributed by atoms with Gasteiger partial charge in [-0.2, -0.15) is 9.50 Å². The lowest BCUT2D eigenvalue weighted by Crippen LogP contribution is -2.10. The van der Waals surface area contributed by atoms with E-state index in [1.165, 1.54) is 17.1 Å². The van der Waals surface area contributed by atoms with Crippen LogP contribution < -0.4 is 5.73 Å². The zero-order valence-electron chi connectivity index (χ0n) is 5.39. The van der Waals surface area contributed by atoms with E-state index in [2.05, 4.69) is 10.1 Å². The molecule has 0 radical (unpaired) electrons. The van der Waals surface area contributed by atoms with Crippen molar-refractivity contribution in [3.05, 3.63) is 18.3 Å². The molecule has 0 bridgehead atoms. The molecule has 2 aromatic heterocycles. The fourth-order valence-corrected chi connectivity index (χ4v) is 0.757. The lowest BCUT2D eigenvalue weighted by Gasteiger charge is -1.79. The second kappa shape index (κ2) is 1.82. The molecule has 2 rings (SSSR count). The van der Waals surface area contributed by atoms with E-state index in [4.69, 9.17) is 10.2 Å². The summed E-state index contributed by atoms with van der Waals surface area (Å²) in [6.07, 6.45) is 2.63. The quantitative estimate of drug-likeness (QED) is 0.592. The molecule has 0 aromatic carbocycles. The second-order valence-electron chi connectivity index (χ2n) is 1.96. The maximum atomic E-state index is 10.5. The smallest absolute Gasteiger partial charge is 0.325 e. The summed E-state index contributed by atoms with van der Waals surface area (Å²) in [5.41, 5.74) is 5.10. The molecule has 6 heteroatoms. The van der Waals surface area contributed by atoms with E-state index in [0.717, 1.165) is 0 Å². The number of rotatable bonds is 1. The van der Waals surface area contributed by atoms with E-state index in [1.807, 2.05) is 0 Å². The summed E-state index contributed by atoms with van der Waals surface area (Å²) in [4.78, 5) is 14.3. The SMILES string of the molecule is NC(=O)c1cn2ncoc2n1. The Kier molecular flexibility index (Phi) is 0.974. The molecule has 0 spiro atoms. The van der Waals surface area contributed by atoms with Crippen molar-refractivity contribution in [2.75, 3.05) is 0 Å². The van der Waals surface area contributed by atoms with Crippen LogP contribution in [0, 0.1) is 0 Å². The average molecular weight is 152 g/mol. The van der Waals surface area contributed by atoms with Gasteiger partial charge in [0.05, 0.1) is 6.20 Å². The van der Waals surface area contributed by atoms with Gasteiger partial charge < -0.3 is 10.2 Å². The molecule has 2 N–H and O–H groups in total. The van der Waals surface area contributed by atoms with Crippen molar-refractivity contribution in [3.63, 3.8) is 0 Å². The molecule has 0 fully saturated rings. The van der Waals surface area contributed by atoms with Gasteiger partial charge in [0, 0.05) is 0 Å². The number of hydrogen-bond acceptors (Lipinski definition) is 4. The average Bonchev–Trinajstić information content (AvgIpc) is 2.40. The van der Waals surface area contributed by atoms with Gasteiger partial charge in [-0.3, -0.25) is 4.79 Å². The number of carbonyl (C=O) groups is 1. The third-order valence-electron chi connectivity index (χ3n) is 1.24. The largest absolute Gasteiger partial charge is 0.410 e. The lowest BCUT2D eigenvalue weighted by molar-refractivity contribution is 0.0996. The number of amides is 1. The highest BCUT2D eigenvalue weighted by molar-refractivity contribution is 5.91. The van der Waals surface area contributed by atoms with Crippen molar-refractivity contribution >= 4 is 11.8 Å². The van der Waals surface area contributed by atoms with Crippen molar-refractivity contribution in [3.8, 4) is 0 Å². The number of nitrogens with two attached hydrogens (primary N) is 1. The molecule has 56 valence electrons. The van der Waals surface area contributed by atoms with Crippen molar-refractivity contribution < 1.29 is 9.21 Å². The first-order chi connectivity index (χ1) is 5.27. The summed E-state index contributed by atoms with van der Waals surface area (Å²) in [6, 6.07) is 0. The Morgan fingerprint density at radius 1 is 1.73 bits per heavy atom. The van der Waals surface area contributed by atoms with Crippen molar-refractivity contribution in [1.82, 2.24) is 14.6 Å². The first kappa shape index (κ1) is 5.90. The summed E-state index contributed by atoms with van der Waals surface area (Å²) < 4.78 is 6.12. The van der Waals surface area contributed by atoms with Gasteiger partial charge in [-0.05, 0) is 0 Å². The van der Waals surface area contributed by atoms with Crippen LogP contribution >= 0.6 is 0 Å². The van der Waals surface area contributed by atoms with E-state index in [0.29, 0.717) is 0 Å². The molecule has 0 aliphatic rings. The molecule has 2 heterocycles. The van der Waals surface area contributed by atoms with Crippen LogP contribution in [0.25, 0.3) is 5.84 Å². The minimum atomic E-state index is -0.592. The second-order valence-corrected chi connectivity index (χ2v) is 1.96. The van der Waals surface area contributed by atoms with Crippen molar-refractivity contribution in [2.24, 2.45) is 5.73 Å². The molecule has 0 atom stereocenters. The van der Waals surface area contributed by atoms with Crippen LogP contribution in [0.3, 0.4) is 0 Å². The summed E-state index contributed by atoms with van der Waals surface area (Å²) in [7, 11) is 0. The highest BCUT2D eigenvalue weighted by Crippen LogP contribution is 2.01. The number of fused-ring (bicyclic) bond motifs is 1. The Morgan fingerprint density at radius 3 is 3.18 bits per heavy atom. The minimum Gasteiger partial charge on any atom is -0.410 e. The maximum absolute atomic E-state index is 10.5. The van der Waals surface area contributed by atoms with Gasteiger partial charge in [0.2, 0.25) is 6.39 Å². The number of carbonyl (C=O) groups excluding carboxylic acids is 1. The molecular weight excluding hydrogens is 148 g/mol. The number of primary amides is 1. The zero-order valence-corrected chi connectivity index (χ0v) is 5.39. The van der Waals surface area contributed by atoms with E-state index in [-0.39, 0.29) is 11.5 Å². The number of aromatic nitrogens is 3. The van der Waals surface area contributed by atoms with Crippen LogP contribution in [-0.2, 0) is 0 Å². The number of hydrogen-bond donors (Lipinski definition) is 1. The monoisotopic (exact) mass is 152 g/mol. The number of nitrogens with zero attached hydrogens (tertiary/aromatic N) is 3. The Hall–Kier alpha value is -1.85. The maximum Gasteiger partial charge on any atom is 0.325 e. The topological polar surface area (TPSA) is 86.4 Å². The first-order valence-electron chi connectivity index (χ1n) is 2.86.